The van der Waals surface area contributed by atoms with E-state index in [1.54, 1.807) is 25.6 Å². The van der Waals surface area contributed by atoms with Gasteiger partial charge >= 0.3 is 0 Å². The van der Waals surface area contributed by atoms with Crippen LogP contribution < -0.4 is 15.4 Å². The summed E-state index contributed by atoms with van der Waals surface area (Å²) in [5, 5.41) is 6.48. The number of nitrogens with zero attached hydrogens (tertiary/aromatic N) is 3. The van der Waals surface area contributed by atoms with E-state index in [1.165, 1.54) is 12.4 Å². The number of methoxy groups -OCH3 is 1. The van der Waals surface area contributed by atoms with Crippen molar-refractivity contribution in [3.8, 4) is 5.75 Å². The number of pyridine rings is 1. The van der Waals surface area contributed by atoms with Crippen LogP contribution in [0, 0.1) is 6.92 Å². The monoisotopic (exact) mass is 383 g/mol. The Kier molecular flexibility index (Phi) is 5.83. The minimum Gasteiger partial charge on any atom is -0.495 e. The molecule has 1 amide bonds. The number of aryl methyl sites for hydroxylation is 1. The van der Waals surface area contributed by atoms with Crippen LogP contribution in [0.25, 0.3) is 0 Å². The molecule has 138 valence electrons. The standard InChI is InChI=1S/C19H18ClN5O2/c1-12-6-16(17(27-2)7-15(12)20)25-19-23-10-14(11-24-19)18(26)22-9-13-4-3-5-21-8-13/h3-8,10-11H,9H2,1-2H3,(H,22,26)(H,23,24,25). The second kappa shape index (κ2) is 8.46. The molecular weight excluding hydrogens is 366 g/mol. The molecule has 0 saturated carbocycles. The summed E-state index contributed by atoms with van der Waals surface area (Å²) >= 11 is 6.11. The van der Waals surface area contributed by atoms with Crippen LogP contribution in [0.1, 0.15) is 21.5 Å². The Labute approximate surface area is 161 Å². The van der Waals surface area contributed by atoms with E-state index in [-0.39, 0.29) is 5.91 Å². The van der Waals surface area contributed by atoms with Gasteiger partial charge in [-0.2, -0.15) is 0 Å². The Bertz CT molecular complexity index is 933. The summed E-state index contributed by atoms with van der Waals surface area (Å²) in [6, 6.07) is 7.27. The highest BCUT2D eigenvalue weighted by Crippen LogP contribution is 2.32. The number of amides is 1. The van der Waals surface area contributed by atoms with Gasteiger partial charge in [0.05, 0.1) is 18.4 Å². The third kappa shape index (κ3) is 4.71. The number of carbonyl (C=O) groups excluding carboxylic acids is 1. The van der Waals surface area contributed by atoms with Crippen molar-refractivity contribution in [3.63, 3.8) is 0 Å². The van der Waals surface area contributed by atoms with E-state index in [0.29, 0.717) is 34.5 Å². The quantitative estimate of drug-likeness (QED) is 0.677. The summed E-state index contributed by atoms with van der Waals surface area (Å²) in [7, 11) is 1.56. The number of halogens is 1. The Morgan fingerprint density at radius 3 is 2.67 bits per heavy atom. The number of hydrogen-bond donors (Lipinski definition) is 2. The number of hydrogen-bond acceptors (Lipinski definition) is 6. The van der Waals surface area contributed by atoms with Gasteiger partial charge in [-0.15, -0.1) is 0 Å². The molecule has 7 nitrogen and oxygen atoms in total. The molecule has 0 atom stereocenters. The van der Waals surface area contributed by atoms with Gasteiger partial charge in [-0.25, -0.2) is 9.97 Å². The SMILES string of the molecule is COc1cc(Cl)c(C)cc1Nc1ncc(C(=O)NCc2cccnc2)cn1. The van der Waals surface area contributed by atoms with Crippen LogP contribution in [0.2, 0.25) is 5.02 Å². The summed E-state index contributed by atoms with van der Waals surface area (Å²) < 4.78 is 5.32. The third-order valence-corrected chi connectivity index (χ3v) is 4.22. The van der Waals surface area contributed by atoms with Crippen molar-refractivity contribution in [2.24, 2.45) is 0 Å². The first-order chi connectivity index (χ1) is 13.1. The van der Waals surface area contributed by atoms with Gasteiger partial charge in [0.25, 0.3) is 5.91 Å². The number of benzene rings is 1. The van der Waals surface area contributed by atoms with E-state index in [9.17, 15) is 4.79 Å². The molecule has 0 radical (unpaired) electrons. The number of anilines is 2. The van der Waals surface area contributed by atoms with Crippen LogP contribution in [0.3, 0.4) is 0 Å². The van der Waals surface area contributed by atoms with Crippen molar-refractivity contribution in [1.29, 1.82) is 0 Å². The zero-order valence-corrected chi connectivity index (χ0v) is 15.6. The molecule has 1 aromatic carbocycles. The number of carbonyl (C=O) groups is 1. The van der Waals surface area contributed by atoms with Crippen molar-refractivity contribution in [2.75, 3.05) is 12.4 Å². The molecule has 2 N–H and O–H groups in total. The second-order valence-electron chi connectivity index (χ2n) is 5.77. The molecule has 0 saturated heterocycles. The first-order valence-electron chi connectivity index (χ1n) is 8.17. The minimum atomic E-state index is -0.259. The van der Waals surface area contributed by atoms with E-state index in [2.05, 4.69) is 25.6 Å². The van der Waals surface area contributed by atoms with E-state index >= 15 is 0 Å². The van der Waals surface area contributed by atoms with E-state index < -0.39 is 0 Å². The zero-order chi connectivity index (χ0) is 19.2. The molecule has 0 bridgehead atoms. The molecule has 3 rings (SSSR count). The summed E-state index contributed by atoms with van der Waals surface area (Å²) in [5.74, 6) is 0.664. The van der Waals surface area contributed by atoms with Gasteiger partial charge in [-0.3, -0.25) is 9.78 Å². The maximum Gasteiger partial charge on any atom is 0.254 e. The van der Waals surface area contributed by atoms with Gasteiger partial charge in [0.15, 0.2) is 0 Å². The van der Waals surface area contributed by atoms with E-state index in [1.807, 2.05) is 25.1 Å². The van der Waals surface area contributed by atoms with Gasteiger partial charge < -0.3 is 15.4 Å². The molecule has 0 fully saturated rings. The number of nitrogens with one attached hydrogen (secondary N) is 2. The van der Waals surface area contributed by atoms with Gasteiger partial charge in [0, 0.05) is 42.4 Å². The predicted molar refractivity (Wildman–Crippen MR) is 103 cm³/mol. The normalized spacial score (nSPS) is 10.3. The van der Waals surface area contributed by atoms with Crippen LogP contribution in [-0.4, -0.2) is 28.0 Å². The lowest BCUT2D eigenvalue weighted by molar-refractivity contribution is 0.0950. The molecule has 27 heavy (non-hydrogen) atoms. The molecule has 0 aliphatic rings. The molecule has 0 aliphatic carbocycles. The second-order valence-corrected chi connectivity index (χ2v) is 6.17. The van der Waals surface area contributed by atoms with Gasteiger partial charge in [0.1, 0.15) is 5.75 Å². The molecule has 8 heteroatoms. The van der Waals surface area contributed by atoms with E-state index in [0.717, 1.165) is 11.1 Å². The van der Waals surface area contributed by atoms with Crippen molar-refractivity contribution in [2.45, 2.75) is 13.5 Å². The molecule has 0 unspecified atom stereocenters. The molecular formula is C19H18ClN5O2. The van der Waals surface area contributed by atoms with Gasteiger partial charge in [-0.1, -0.05) is 17.7 Å². The maximum absolute atomic E-state index is 12.2. The number of rotatable bonds is 6. The fraction of sp³-hybridized carbons (Fsp3) is 0.158. The molecule has 2 aromatic heterocycles. The number of ether oxygens (including phenoxy) is 1. The highest BCUT2D eigenvalue weighted by molar-refractivity contribution is 6.31. The topological polar surface area (TPSA) is 89.0 Å². The van der Waals surface area contributed by atoms with Crippen molar-refractivity contribution in [3.05, 3.63) is 70.8 Å². The van der Waals surface area contributed by atoms with Gasteiger partial charge in [0.2, 0.25) is 5.95 Å². The summed E-state index contributed by atoms with van der Waals surface area (Å²) in [4.78, 5) is 24.6. The zero-order valence-electron chi connectivity index (χ0n) is 14.9. The summed E-state index contributed by atoms with van der Waals surface area (Å²) in [6.45, 7) is 2.28. The first-order valence-corrected chi connectivity index (χ1v) is 8.55. The summed E-state index contributed by atoms with van der Waals surface area (Å²) in [5.41, 5.74) is 2.86. The Hall–Kier alpha value is -3.19. The van der Waals surface area contributed by atoms with Crippen molar-refractivity contribution >= 4 is 29.1 Å². The van der Waals surface area contributed by atoms with Crippen LogP contribution in [0.5, 0.6) is 5.75 Å². The lowest BCUT2D eigenvalue weighted by Gasteiger charge is -2.12. The lowest BCUT2D eigenvalue weighted by Crippen LogP contribution is -2.23. The van der Waals surface area contributed by atoms with Crippen LogP contribution in [-0.2, 0) is 6.54 Å². The average Bonchev–Trinajstić information content (AvgIpc) is 2.70. The third-order valence-electron chi connectivity index (χ3n) is 3.82. The summed E-state index contributed by atoms with van der Waals surface area (Å²) in [6.07, 6.45) is 6.31. The highest BCUT2D eigenvalue weighted by Gasteiger charge is 2.10. The average molecular weight is 384 g/mol. The molecule has 3 aromatic rings. The Balaban J connectivity index is 1.67. The fourth-order valence-electron chi connectivity index (χ4n) is 2.35. The van der Waals surface area contributed by atoms with Crippen molar-refractivity contribution in [1.82, 2.24) is 20.3 Å². The van der Waals surface area contributed by atoms with E-state index in [4.69, 9.17) is 16.3 Å². The fourth-order valence-corrected chi connectivity index (χ4v) is 2.50. The highest BCUT2D eigenvalue weighted by atomic mass is 35.5. The minimum absolute atomic E-state index is 0.259. The van der Waals surface area contributed by atoms with Crippen molar-refractivity contribution < 1.29 is 9.53 Å². The molecule has 0 spiro atoms. The lowest BCUT2D eigenvalue weighted by atomic mass is 10.2. The van der Waals surface area contributed by atoms with Crippen LogP contribution >= 0.6 is 11.6 Å². The predicted octanol–water partition coefficient (Wildman–Crippen LogP) is 3.52. The molecule has 0 aliphatic heterocycles. The maximum atomic E-state index is 12.2. The Morgan fingerprint density at radius 2 is 2.00 bits per heavy atom. The Morgan fingerprint density at radius 1 is 1.22 bits per heavy atom. The first kappa shape index (κ1) is 18.6. The van der Waals surface area contributed by atoms with Crippen LogP contribution in [0.4, 0.5) is 11.6 Å². The smallest absolute Gasteiger partial charge is 0.254 e. The van der Waals surface area contributed by atoms with Gasteiger partial charge in [-0.05, 0) is 30.2 Å². The molecule has 2 heterocycles. The largest absolute Gasteiger partial charge is 0.495 e. The van der Waals surface area contributed by atoms with Crippen LogP contribution in [0.15, 0.2) is 49.1 Å². The number of aromatic nitrogens is 3.